The fraction of sp³-hybridized carbons (Fsp3) is 0.429. The van der Waals surface area contributed by atoms with Crippen molar-refractivity contribution < 1.29 is 13.3 Å². The van der Waals surface area contributed by atoms with E-state index in [1.807, 2.05) is 51.2 Å². The van der Waals surface area contributed by atoms with E-state index in [0.29, 0.717) is 18.0 Å². The third kappa shape index (κ3) is 5.91. The van der Waals surface area contributed by atoms with E-state index in [-0.39, 0.29) is 11.6 Å². The molecule has 34 heavy (non-hydrogen) atoms. The Labute approximate surface area is 204 Å². The van der Waals surface area contributed by atoms with Gasteiger partial charge in [0.05, 0.1) is 6.04 Å². The predicted molar refractivity (Wildman–Crippen MR) is 136 cm³/mol. The molecule has 1 heterocycles. The summed E-state index contributed by atoms with van der Waals surface area (Å²) in [5.41, 5.74) is 2.96. The molecular weight excluding hydrogens is 450 g/mol. The number of aromatic nitrogens is 1. The number of hydrogen-bond acceptors (Lipinski definition) is 2. The highest BCUT2D eigenvalue weighted by atomic mass is 32.2. The van der Waals surface area contributed by atoms with Crippen LogP contribution in [0.5, 0.6) is 0 Å². The summed E-state index contributed by atoms with van der Waals surface area (Å²) in [7, 11) is 0. The van der Waals surface area contributed by atoms with Crippen LogP contribution in [0.4, 0.5) is 8.78 Å². The van der Waals surface area contributed by atoms with Crippen LogP contribution in [0.2, 0.25) is 0 Å². The first-order valence-electron chi connectivity index (χ1n) is 12.1. The summed E-state index contributed by atoms with van der Waals surface area (Å²) in [4.78, 5) is 0. The minimum atomic E-state index is -1.26. The van der Waals surface area contributed by atoms with Gasteiger partial charge in [-0.3, -0.25) is 0 Å². The van der Waals surface area contributed by atoms with Gasteiger partial charge in [0.15, 0.2) is 0 Å². The quantitative estimate of drug-likeness (QED) is 0.362. The molecule has 0 saturated heterocycles. The molecule has 0 amide bonds. The molecule has 0 spiro atoms. The number of nitrogens with zero attached hydrogens (tertiary/aromatic N) is 1. The second-order valence-corrected chi connectivity index (χ2v) is 12.3. The number of halogens is 2. The highest BCUT2D eigenvalue weighted by molar-refractivity contribution is 7.90. The molecule has 1 aromatic heterocycles. The van der Waals surface area contributed by atoms with E-state index in [1.54, 1.807) is 0 Å². The zero-order chi connectivity index (χ0) is 24.3. The molecule has 1 saturated carbocycles. The average molecular weight is 485 g/mol. The Morgan fingerprint density at radius 1 is 1.03 bits per heavy atom. The van der Waals surface area contributed by atoms with Gasteiger partial charge in [-0.15, -0.1) is 4.72 Å². The van der Waals surface area contributed by atoms with Crippen molar-refractivity contribution >= 4 is 11.4 Å². The zero-order valence-corrected chi connectivity index (χ0v) is 21.0. The van der Waals surface area contributed by atoms with Gasteiger partial charge in [0.1, 0.15) is 16.4 Å². The number of benzene rings is 2. The van der Waals surface area contributed by atoms with Crippen LogP contribution < -0.4 is 4.72 Å². The summed E-state index contributed by atoms with van der Waals surface area (Å²) in [6.45, 7) is 6.49. The monoisotopic (exact) mass is 484 g/mol. The predicted octanol–water partition coefficient (Wildman–Crippen LogP) is 7.15. The van der Waals surface area contributed by atoms with Crippen molar-refractivity contribution in [3.63, 3.8) is 0 Å². The fourth-order valence-electron chi connectivity index (χ4n) is 4.73. The van der Waals surface area contributed by atoms with Gasteiger partial charge in [0.25, 0.3) is 0 Å². The summed E-state index contributed by atoms with van der Waals surface area (Å²) >= 11 is -1.26. The molecule has 0 aliphatic heterocycles. The second-order valence-electron chi connectivity index (χ2n) is 10.3. The van der Waals surface area contributed by atoms with Crippen molar-refractivity contribution in [1.29, 1.82) is 0 Å². The Kier molecular flexibility index (Phi) is 7.80. The molecule has 1 fully saturated rings. The van der Waals surface area contributed by atoms with E-state index in [0.717, 1.165) is 43.0 Å². The minimum Gasteiger partial charge on any atom is -0.598 e. The first-order valence-corrected chi connectivity index (χ1v) is 13.2. The molecule has 0 radical (unpaired) electrons. The maximum absolute atomic E-state index is 14.7. The van der Waals surface area contributed by atoms with Crippen molar-refractivity contribution in [2.75, 3.05) is 0 Å². The Morgan fingerprint density at radius 2 is 1.74 bits per heavy atom. The van der Waals surface area contributed by atoms with E-state index < -0.39 is 27.7 Å². The van der Waals surface area contributed by atoms with Gasteiger partial charge >= 0.3 is 0 Å². The molecular formula is C28H34F2N2OS. The molecule has 4 rings (SSSR count). The molecule has 1 N–H and O–H groups in total. The molecule has 182 valence electrons. The van der Waals surface area contributed by atoms with E-state index in [2.05, 4.69) is 21.4 Å². The standard InChI is InChI=1S/C28H34F2N2OS/c1-28(2,3)34(33)31-27(21-12-8-5-9-13-21)26-16-22(24-17-23(29)14-15-25(24)30)19-32(26)18-20-10-6-4-7-11-20/h4,6-7,10-11,14-17,19,21,27,31H,5,8-9,12-13,18H2,1-3H3/t27-,34?/m1/s1. The van der Waals surface area contributed by atoms with Gasteiger partial charge < -0.3 is 9.12 Å². The molecule has 3 nitrogen and oxygen atoms in total. The third-order valence-electron chi connectivity index (χ3n) is 6.60. The maximum Gasteiger partial charge on any atom is 0.136 e. The van der Waals surface area contributed by atoms with Crippen LogP contribution in [0.15, 0.2) is 60.8 Å². The van der Waals surface area contributed by atoms with Crippen molar-refractivity contribution in [2.45, 2.75) is 70.2 Å². The minimum absolute atomic E-state index is 0.144. The Balaban J connectivity index is 1.80. The van der Waals surface area contributed by atoms with Crippen LogP contribution in [0.25, 0.3) is 11.1 Å². The van der Waals surface area contributed by atoms with Gasteiger partial charge in [-0.2, -0.15) is 0 Å². The Hall–Kier alpha value is -2.15. The Bertz CT molecular complexity index is 1090. The normalized spacial score (nSPS) is 17.0. The lowest BCUT2D eigenvalue weighted by atomic mass is 9.83. The van der Waals surface area contributed by atoms with Crippen LogP contribution in [0.3, 0.4) is 0 Å². The number of nitrogens with one attached hydrogen (secondary N) is 1. The van der Waals surface area contributed by atoms with Gasteiger partial charge in [-0.05, 0) is 69.4 Å². The highest BCUT2D eigenvalue weighted by Gasteiger charge is 2.36. The molecule has 1 unspecified atom stereocenters. The molecule has 3 aromatic rings. The first-order chi connectivity index (χ1) is 16.2. The SMILES string of the molecule is CC(C)(C)[S+]([O-])N[C@@H](c1cc(-c2cc(F)ccc2F)cn1Cc1ccccc1)C1CCCCC1. The van der Waals surface area contributed by atoms with Crippen LogP contribution in [0.1, 0.15) is 70.2 Å². The van der Waals surface area contributed by atoms with Crippen LogP contribution in [-0.2, 0) is 17.9 Å². The third-order valence-corrected chi connectivity index (χ3v) is 8.18. The molecule has 1 aliphatic carbocycles. The average Bonchev–Trinajstić information content (AvgIpc) is 3.22. The van der Waals surface area contributed by atoms with Gasteiger partial charge in [-0.25, -0.2) is 8.78 Å². The van der Waals surface area contributed by atoms with Crippen molar-refractivity contribution in [2.24, 2.45) is 5.92 Å². The molecule has 2 atom stereocenters. The van der Waals surface area contributed by atoms with Gasteiger partial charge in [0.2, 0.25) is 0 Å². The molecule has 1 aliphatic rings. The summed E-state index contributed by atoms with van der Waals surface area (Å²) in [6, 6.07) is 15.5. The van der Waals surface area contributed by atoms with Crippen molar-refractivity contribution in [3.8, 4) is 11.1 Å². The Morgan fingerprint density at radius 3 is 2.41 bits per heavy atom. The molecule has 6 heteroatoms. The van der Waals surface area contributed by atoms with Crippen molar-refractivity contribution in [1.82, 2.24) is 9.29 Å². The van der Waals surface area contributed by atoms with E-state index >= 15 is 0 Å². The van der Waals surface area contributed by atoms with E-state index in [1.165, 1.54) is 18.6 Å². The smallest absolute Gasteiger partial charge is 0.136 e. The van der Waals surface area contributed by atoms with E-state index in [9.17, 15) is 13.3 Å². The lowest BCUT2D eigenvalue weighted by molar-refractivity contribution is 0.285. The summed E-state index contributed by atoms with van der Waals surface area (Å²) in [5.74, 6) is -0.593. The van der Waals surface area contributed by atoms with E-state index in [4.69, 9.17) is 0 Å². The number of hydrogen-bond donors (Lipinski definition) is 1. The lowest BCUT2D eigenvalue weighted by Gasteiger charge is -2.34. The lowest BCUT2D eigenvalue weighted by Crippen LogP contribution is -2.44. The van der Waals surface area contributed by atoms with Gasteiger partial charge in [0, 0.05) is 40.9 Å². The summed E-state index contributed by atoms with van der Waals surface area (Å²) in [5, 5.41) is 0. The van der Waals surface area contributed by atoms with Crippen LogP contribution in [0, 0.1) is 17.6 Å². The van der Waals surface area contributed by atoms with Gasteiger partial charge in [-0.1, -0.05) is 49.6 Å². The zero-order valence-electron chi connectivity index (χ0n) is 20.2. The fourth-order valence-corrected chi connectivity index (χ4v) is 5.63. The molecule has 0 bridgehead atoms. The second kappa shape index (κ2) is 10.6. The largest absolute Gasteiger partial charge is 0.598 e. The maximum atomic E-state index is 14.7. The van der Waals surface area contributed by atoms with Crippen LogP contribution in [-0.4, -0.2) is 13.9 Å². The topological polar surface area (TPSA) is 40.0 Å². The molecule has 2 aromatic carbocycles. The summed E-state index contributed by atoms with van der Waals surface area (Å²) < 4.78 is 47.1. The highest BCUT2D eigenvalue weighted by Crippen LogP contribution is 2.38. The van der Waals surface area contributed by atoms with Crippen molar-refractivity contribution in [3.05, 3.63) is 83.7 Å². The van der Waals surface area contributed by atoms with Crippen LogP contribution >= 0.6 is 0 Å². The summed E-state index contributed by atoms with van der Waals surface area (Å²) in [6.07, 6.45) is 7.53. The first kappa shape index (κ1) is 25.0. The number of rotatable bonds is 7.